The molecule has 2 rings (SSSR count). The number of para-hydroxylation sites is 1. The first kappa shape index (κ1) is 15.3. The predicted octanol–water partition coefficient (Wildman–Crippen LogP) is 3.54. The maximum atomic E-state index is 9.62. The molecule has 106 valence electrons. The summed E-state index contributed by atoms with van der Waals surface area (Å²) < 4.78 is 2.30. The molecule has 0 atom stereocenters. The molecular weight excluding hydrogens is 343 g/mol. The molecule has 0 aliphatic carbocycles. The molecule has 0 fully saturated rings. The van der Waals surface area contributed by atoms with Crippen LogP contribution in [0.3, 0.4) is 0 Å². The van der Waals surface area contributed by atoms with Crippen LogP contribution in [0.5, 0.6) is 5.75 Å². The first-order chi connectivity index (χ1) is 9.38. The summed E-state index contributed by atoms with van der Waals surface area (Å²) in [5.74, 6) is 0.246. The Morgan fingerprint density at radius 3 is 2.65 bits per heavy atom. The van der Waals surface area contributed by atoms with Crippen molar-refractivity contribution in [3.8, 4) is 5.75 Å². The number of hydrazone groups is 1. The molecule has 0 saturated carbocycles. The number of phenols is 1. The monoisotopic (exact) mass is 350 g/mol. The topological polar surface area (TPSA) is 61.6 Å². The van der Waals surface area contributed by atoms with Gasteiger partial charge in [-0.25, -0.2) is 5.01 Å². The molecule has 1 N–H and O–H groups in total. The molecule has 1 heterocycles. The lowest BCUT2D eigenvalue weighted by atomic mass is 10.2. The summed E-state index contributed by atoms with van der Waals surface area (Å²) >= 11 is 18.1. The van der Waals surface area contributed by atoms with E-state index in [1.165, 1.54) is 11.2 Å². The van der Waals surface area contributed by atoms with Gasteiger partial charge in [0.2, 0.25) is 5.13 Å². The van der Waals surface area contributed by atoms with Crippen molar-refractivity contribution in [2.75, 3.05) is 12.1 Å². The summed E-state index contributed by atoms with van der Waals surface area (Å²) in [5, 5.41) is 15.7. The summed E-state index contributed by atoms with van der Waals surface area (Å²) in [7, 11) is 1.68. The largest absolute Gasteiger partial charge is 0.507 e. The van der Waals surface area contributed by atoms with Crippen molar-refractivity contribution in [2.24, 2.45) is 5.10 Å². The van der Waals surface area contributed by atoms with Gasteiger partial charge in [0.05, 0.1) is 6.21 Å². The van der Waals surface area contributed by atoms with Gasteiger partial charge in [0.25, 0.3) is 3.79 Å². The Labute approximate surface area is 134 Å². The fourth-order valence-corrected chi connectivity index (χ4v) is 2.30. The third-order valence-corrected chi connectivity index (χ3v) is 3.54. The lowest BCUT2D eigenvalue weighted by molar-refractivity contribution is 0.474. The second kappa shape index (κ2) is 6.13. The van der Waals surface area contributed by atoms with Gasteiger partial charge in [-0.15, -0.1) is 0 Å². The van der Waals surface area contributed by atoms with Gasteiger partial charge in [-0.3, -0.25) is 0 Å². The van der Waals surface area contributed by atoms with Crippen molar-refractivity contribution in [1.29, 1.82) is 0 Å². The van der Waals surface area contributed by atoms with Crippen molar-refractivity contribution >= 4 is 57.7 Å². The second-order valence-electron chi connectivity index (χ2n) is 3.73. The Kier molecular flexibility index (Phi) is 4.70. The van der Waals surface area contributed by atoms with Crippen molar-refractivity contribution < 1.29 is 5.11 Å². The van der Waals surface area contributed by atoms with Crippen LogP contribution in [0.2, 0.25) is 0 Å². The normalized spacial score (nSPS) is 12.0. The first-order valence-corrected chi connectivity index (χ1v) is 7.25. The Balaban J connectivity index is 2.14. The molecular formula is C11H9Cl3N4OS. The van der Waals surface area contributed by atoms with Crippen LogP contribution in [0.25, 0.3) is 0 Å². The predicted molar refractivity (Wildman–Crippen MR) is 83.2 cm³/mol. The van der Waals surface area contributed by atoms with Crippen molar-refractivity contribution in [2.45, 2.75) is 3.79 Å². The van der Waals surface area contributed by atoms with E-state index in [1.807, 2.05) is 0 Å². The number of phenolic OH excluding ortho intramolecular Hbond substituents is 1. The second-order valence-corrected chi connectivity index (χ2v) is 6.74. The van der Waals surface area contributed by atoms with E-state index < -0.39 is 3.79 Å². The number of aromatic hydroxyl groups is 1. The number of hydrogen-bond acceptors (Lipinski definition) is 6. The van der Waals surface area contributed by atoms with E-state index in [2.05, 4.69) is 14.5 Å². The summed E-state index contributed by atoms with van der Waals surface area (Å²) in [6.45, 7) is 0. The number of alkyl halides is 3. The minimum Gasteiger partial charge on any atom is -0.507 e. The third kappa shape index (κ3) is 3.73. The van der Waals surface area contributed by atoms with E-state index in [-0.39, 0.29) is 11.6 Å². The zero-order valence-electron chi connectivity index (χ0n) is 10.2. The lowest BCUT2D eigenvalue weighted by Crippen LogP contribution is -2.10. The number of rotatable bonds is 3. The molecule has 20 heavy (non-hydrogen) atoms. The number of benzene rings is 1. The highest BCUT2D eigenvalue weighted by Gasteiger charge is 2.28. The SMILES string of the molecule is CN(N=Cc1ccccc1O)c1nc(C(Cl)(Cl)Cl)ns1. The smallest absolute Gasteiger partial charge is 0.251 e. The van der Waals surface area contributed by atoms with E-state index >= 15 is 0 Å². The molecule has 0 aliphatic heterocycles. The van der Waals surface area contributed by atoms with Crippen LogP contribution in [0.1, 0.15) is 11.4 Å². The van der Waals surface area contributed by atoms with E-state index in [9.17, 15) is 5.11 Å². The lowest BCUT2D eigenvalue weighted by Gasteiger charge is -2.08. The minimum absolute atomic E-state index is 0.104. The van der Waals surface area contributed by atoms with Crippen molar-refractivity contribution in [3.63, 3.8) is 0 Å². The quantitative estimate of drug-likeness (QED) is 0.522. The molecule has 1 aromatic heterocycles. The summed E-state index contributed by atoms with van der Waals surface area (Å²) in [6, 6.07) is 6.84. The summed E-state index contributed by atoms with van der Waals surface area (Å²) in [6.07, 6.45) is 1.51. The molecule has 0 amide bonds. The molecule has 2 aromatic rings. The van der Waals surface area contributed by atoms with Crippen molar-refractivity contribution in [3.05, 3.63) is 35.7 Å². The van der Waals surface area contributed by atoms with Gasteiger partial charge in [-0.05, 0) is 12.1 Å². The van der Waals surface area contributed by atoms with Crippen molar-refractivity contribution in [1.82, 2.24) is 9.36 Å². The molecule has 5 nitrogen and oxygen atoms in total. The van der Waals surface area contributed by atoms with Crippen LogP contribution in [-0.2, 0) is 3.79 Å². The Morgan fingerprint density at radius 1 is 1.35 bits per heavy atom. The summed E-state index contributed by atoms with van der Waals surface area (Å²) in [4.78, 5) is 4.08. The number of aromatic nitrogens is 2. The van der Waals surface area contributed by atoms with Gasteiger partial charge in [0.1, 0.15) is 5.75 Å². The van der Waals surface area contributed by atoms with Crippen LogP contribution in [0.4, 0.5) is 5.13 Å². The average Bonchev–Trinajstić information content (AvgIpc) is 2.87. The molecule has 0 spiro atoms. The number of anilines is 1. The highest BCUT2D eigenvalue weighted by molar-refractivity contribution is 7.09. The van der Waals surface area contributed by atoms with Gasteiger partial charge in [-0.1, -0.05) is 46.9 Å². The van der Waals surface area contributed by atoms with Gasteiger partial charge in [-0.2, -0.15) is 14.5 Å². The fourth-order valence-electron chi connectivity index (χ4n) is 1.26. The summed E-state index contributed by atoms with van der Waals surface area (Å²) in [5.41, 5.74) is 0.588. The zero-order valence-corrected chi connectivity index (χ0v) is 13.2. The molecule has 0 unspecified atom stereocenters. The van der Waals surface area contributed by atoms with Gasteiger partial charge in [0, 0.05) is 24.1 Å². The zero-order chi connectivity index (χ0) is 14.8. The van der Waals surface area contributed by atoms with E-state index in [1.54, 1.807) is 31.3 Å². The van der Waals surface area contributed by atoms with Crippen LogP contribution in [-0.4, -0.2) is 27.7 Å². The molecule has 1 aromatic carbocycles. The standard InChI is InChI=1S/C11H9Cl3N4OS/c1-18(10-16-9(17-20-10)11(12,13)14)15-6-7-4-2-3-5-8(7)19/h2-6,19H,1H3. The number of halogens is 3. The molecule has 0 radical (unpaired) electrons. The van der Waals surface area contributed by atoms with E-state index in [0.29, 0.717) is 10.7 Å². The molecule has 9 heteroatoms. The highest BCUT2D eigenvalue weighted by atomic mass is 35.6. The third-order valence-electron chi connectivity index (χ3n) is 2.25. The fraction of sp³-hybridized carbons (Fsp3) is 0.182. The van der Waals surface area contributed by atoms with Crippen LogP contribution < -0.4 is 5.01 Å². The van der Waals surface area contributed by atoms with Crippen LogP contribution in [0.15, 0.2) is 29.4 Å². The minimum atomic E-state index is -1.66. The average molecular weight is 352 g/mol. The van der Waals surface area contributed by atoms with Crippen LogP contribution in [0, 0.1) is 0 Å². The van der Waals surface area contributed by atoms with Gasteiger partial charge in [0.15, 0.2) is 5.82 Å². The first-order valence-electron chi connectivity index (χ1n) is 5.34. The van der Waals surface area contributed by atoms with Gasteiger partial charge < -0.3 is 5.11 Å². The Morgan fingerprint density at radius 2 is 2.05 bits per heavy atom. The van der Waals surface area contributed by atoms with Crippen LogP contribution >= 0.6 is 46.3 Å². The molecule has 0 saturated heterocycles. The molecule has 0 aliphatic rings. The van der Waals surface area contributed by atoms with Gasteiger partial charge >= 0.3 is 0 Å². The highest BCUT2D eigenvalue weighted by Crippen LogP contribution is 2.37. The van der Waals surface area contributed by atoms with E-state index in [0.717, 1.165) is 11.5 Å². The number of hydrogen-bond donors (Lipinski definition) is 1. The maximum absolute atomic E-state index is 9.62. The Bertz CT molecular complexity index is 626. The Hall–Kier alpha value is -1.08. The molecule has 0 bridgehead atoms. The number of nitrogens with zero attached hydrogens (tertiary/aromatic N) is 4. The van der Waals surface area contributed by atoms with E-state index in [4.69, 9.17) is 34.8 Å². The maximum Gasteiger partial charge on any atom is 0.251 e.